The van der Waals surface area contributed by atoms with Crippen molar-refractivity contribution in [2.75, 3.05) is 12.4 Å². The van der Waals surface area contributed by atoms with Crippen LogP contribution in [0.3, 0.4) is 0 Å². The van der Waals surface area contributed by atoms with E-state index in [1.807, 2.05) is 4.68 Å². The Bertz CT molecular complexity index is 383. The summed E-state index contributed by atoms with van der Waals surface area (Å²) in [5.41, 5.74) is 0.294. The highest BCUT2D eigenvalue weighted by atomic mass is 35.5. The average Bonchev–Trinajstić information content (AvgIpc) is 2.88. The van der Waals surface area contributed by atoms with E-state index in [0.717, 1.165) is 24.8 Å². The lowest BCUT2D eigenvalue weighted by molar-refractivity contribution is 0.211. The lowest BCUT2D eigenvalue weighted by atomic mass is 9.75. The van der Waals surface area contributed by atoms with Crippen LogP contribution in [-0.4, -0.2) is 27.2 Å². The Labute approximate surface area is 120 Å². The van der Waals surface area contributed by atoms with Crippen LogP contribution in [0, 0.1) is 5.41 Å². The third-order valence-corrected chi connectivity index (χ3v) is 4.68. The van der Waals surface area contributed by atoms with Crippen LogP contribution in [0.2, 0.25) is 0 Å². The summed E-state index contributed by atoms with van der Waals surface area (Å²) in [6.45, 7) is 6.01. The van der Waals surface area contributed by atoms with Gasteiger partial charge in [0, 0.05) is 18.5 Å². The van der Waals surface area contributed by atoms with E-state index in [0.29, 0.717) is 11.5 Å². The van der Waals surface area contributed by atoms with Crippen molar-refractivity contribution in [1.29, 1.82) is 0 Å². The summed E-state index contributed by atoms with van der Waals surface area (Å²) in [7, 11) is 0. The topological polar surface area (TPSA) is 42.7 Å². The smallest absolute Gasteiger partial charge is 0.141 e. The Hall–Kier alpha value is -0.610. The van der Waals surface area contributed by atoms with Gasteiger partial charge in [0.1, 0.15) is 12.2 Å². The molecule has 1 saturated carbocycles. The van der Waals surface area contributed by atoms with Crippen LogP contribution in [0.25, 0.3) is 0 Å². The van der Waals surface area contributed by atoms with Crippen LogP contribution < -0.4 is 5.32 Å². The summed E-state index contributed by atoms with van der Waals surface area (Å²) < 4.78 is 1.97. The minimum atomic E-state index is 0.294. The zero-order valence-electron chi connectivity index (χ0n) is 12.0. The molecule has 1 N–H and O–H groups in total. The summed E-state index contributed by atoms with van der Waals surface area (Å²) in [5, 5.41) is 7.79. The van der Waals surface area contributed by atoms with Gasteiger partial charge in [0.05, 0.1) is 6.54 Å². The number of hydrogen-bond acceptors (Lipinski definition) is 3. The summed E-state index contributed by atoms with van der Waals surface area (Å²) >= 11 is 6.21. The van der Waals surface area contributed by atoms with Gasteiger partial charge in [-0.3, -0.25) is 0 Å². The highest BCUT2D eigenvalue weighted by molar-refractivity contribution is 6.18. The maximum absolute atomic E-state index is 6.21. The SMILES string of the molecule is CC(C)n1ncnc1CNCC1(CCl)CCCCC1. The number of aromatic nitrogens is 3. The van der Waals surface area contributed by atoms with Gasteiger partial charge < -0.3 is 5.32 Å². The molecule has 0 spiro atoms. The van der Waals surface area contributed by atoms with Crippen molar-refractivity contribution in [3.05, 3.63) is 12.2 Å². The van der Waals surface area contributed by atoms with E-state index in [9.17, 15) is 0 Å². The van der Waals surface area contributed by atoms with Crippen molar-refractivity contribution in [1.82, 2.24) is 20.1 Å². The lowest BCUT2D eigenvalue weighted by Crippen LogP contribution is -2.37. The molecule has 1 aromatic heterocycles. The first-order valence-corrected chi connectivity index (χ1v) is 7.85. The number of nitrogens with zero attached hydrogens (tertiary/aromatic N) is 3. The second-order valence-electron chi connectivity index (χ2n) is 6.01. The maximum Gasteiger partial charge on any atom is 0.141 e. The van der Waals surface area contributed by atoms with E-state index in [1.165, 1.54) is 32.1 Å². The highest BCUT2D eigenvalue weighted by Gasteiger charge is 2.30. The Morgan fingerprint density at radius 2 is 2.11 bits per heavy atom. The molecule has 1 fully saturated rings. The van der Waals surface area contributed by atoms with Crippen LogP contribution in [-0.2, 0) is 6.54 Å². The predicted molar refractivity (Wildman–Crippen MR) is 78.4 cm³/mol. The molecule has 19 heavy (non-hydrogen) atoms. The predicted octanol–water partition coefficient (Wildman–Crippen LogP) is 3.14. The molecular formula is C14H25ClN4. The molecule has 1 heterocycles. The molecule has 0 unspecified atom stereocenters. The second-order valence-corrected chi connectivity index (χ2v) is 6.28. The van der Waals surface area contributed by atoms with E-state index < -0.39 is 0 Å². The molecule has 0 atom stereocenters. The van der Waals surface area contributed by atoms with Gasteiger partial charge in [0.25, 0.3) is 0 Å². The number of nitrogens with one attached hydrogen (secondary N) is 1. The minimum absolute atomic E-state index is 0.294. The normalized spacial score (nSPS) is 18.9. The lowest BCUT2D eigenvalue weighted by Gasteiger charge is -2.35. The van der Waals surface area contributed by atoms with Crippen LogP contribution in [0.1, 0.15) is 57.8 Å². The van der Waals surface area contributed by atoms with Crippen molar-refractivity contribution in [2.45, 2.75) is 58.5 Å². The van der Waals surface area contributed by atoms with Gasteiger partial charge in [0.2, 0.25) is 0 Å². The number of alkyl halides is 1. The number of rotatable bonds is 6. The van der Waals surface area contributed by atoms with Gasteiger partial charge in [0.15, 0.2) is 0 Å². The van der Waals surface area contributed by atoms with Gasteiger partial charge in [-0.2, -0.15) is 5.10 Å². The zero-order valence-corrected chi connectivity index (χ0v) is 12.8. The number of halogens is 1. The third-order valence-electron chi connectivity index (χ3n) is 4.12. The average molecular weight is 285 g/mol. The molecule has 1 aromatic rings. The molecule has 5 heteroatoms. The largest absolute Gasteiger partial charge is 0.309 e. The summed E-state index contributed by atoms with van der Waals surface area (Å²) in [6, 6.07) is 0.357. The van der Waals surface area contributed by atoms with Gasteiger partial charge in [-0.25, -0.2) is 9.67 Å². The zero-order chi connectivity index (χ0) is 13.7. The molecule has 1 aliphatic carbocycles. The fourth-order valence-corrected chi connectivity index (χ4v) is 3.29. The minimum Gasteiger partial charge on any atom is -0.309 e. The molecule has 2 rings (SSSR count). The highest BCUT2D eigenvalue weighted by Crippen LogP contribution is 2.36. The fraction of sp³-hybridized carbons (Fsp3) is 0.857. The van der Waals surface area contributed by atoms with Gasteiger partial charge >= 0.3 is 0 Å². The first-order chi connectivity index (χ1) is 9.17. The van der Waals surface area contributed by atoms with E-state index >= 15 is 0 Å². The van der Waals surface area contributed by atoms with E-state index in [4.69, 9.17) is 11.6 Å². The van der Waals surface area contributed by atoms with Gasteiger partial charge in [-0.05, 0) is 32.1 Å². The van der Waals surface area contributed by atoms with Crippen molar-refractivity contribution in [3.63, 3.8) is 0 Å². The first kappa shape index (κ1) is 14.8. The molecule has 0 aliphatic heterocycles. The molecule has 0 amide bonds. The number of hydrogen-bond donors (Lipinski definition) is 1. The quantitative estimate of drug-likeness (QED) is 0.816. The van der Waals surface area contributed by atoms with Crippen LogP contribution in [0.4, 0.5) is 0 Å². The molecule has 0 aromatic carbocycles. The standard InChI is InChI=1S/C14H25ClN4/c1-12(2)19-13(17-11-18-19)8-16-10-14(9-15)6-4-3-5-7-14/h11-12,16H,3-10H2,1-2H3. The van der Waals surface area contributed by atoms with E-state index in [2.05, 4.69) is 29.2 Å². The second kappa shape index (κ2) is 6.71. The monoisotopic (exact) mass is 284 g/mol. The van der Waals surface area contributed by atoms with E-state index in [-0.39, 0.29) is 0 Å². The Morgan fingerprint density at radius 1 is 1.37 bits per heavy atom. The van der Waals surface area contributed by atoms with Crippen LogP contribution >= 0.6 is 11.6 Å². The van der Waals surface area contributed by atoms with Crippen molar-refractivity contribution in [3.8, 4) is 0 Å². The summed E-state index contributed by atoms with van der Waals surface area (Å²) in [5.74, 6) is 1.77. The summed E-state index contributed by atoms with van der Waals surface area (Å²) in [6.07, 6.45) is 8.13. The van der Waals surface area contributed by atoms with Crippen molar-refractivity contribution >= 4 is 11.6 Å². The Balaban J connectivity index is 1.86. The molecule has 0 saturated heterocycles. The van der Waals surface area contributed by atoms with Crippen LogP contribution in [0.15, 0.2) is 6.33 Å². The van der Waals surface area contributed by atoms with Gasteiger partial charge in [-0.1, -0.05) is 19.3 Å². The third kappa shape index (κ3) is 3.69. The molecule has 4 nitrogen and oxygen atoms in total. The van der Waals surface area contributed by atoms with Crippen molar-refractivity contribution < 1.29 is 0 Å². The van der Waals surface area contributed by atoms with Gasteiger partial charge in [-0.15, -0.1) is 11.6 Å². The van der Waals surface area contributed by atoms with E-state index in [1.54, 1.807) is 6.33 Å². The molecular weight excluding hydrogens is 260 g/mol. The van der Waals surface area contributed by atoms with Crippen LogP contribution in [0.5, 0.6) is 0 Å². The molecule has 0 radical (unpaired) electrons. The molecule has 108 valence electrons. The molecule has 0 bridgehead atoms. The maximum atomic E-state index is 6.21. The van der Waals surface area contributed by atoms with Crippen molar-refractivity contribution in [2.24, 2.45) is 5.41 Å². The molecule has 1 aliphatic rings. The first-order valence-electron chi connectivity index (χ1n) is 7.32. The summed E-state index contributed by atoms with van der Waals surface area (Å²) in [4.78, 5) is 4.33. The fourth-order valence-electron chi connectivity index (χ4n) is 2.93. The Morgan fingerprint density at radius 3 is 2.74 bits per heavy atom. The Kier molecular flexibility index (Phi) is 5.22.